The molecule has 108 valence electrons. The molecule has 2 atom stereocenters. The standard InChI is InChI=1S/C15H26N2O2/c1-6-11(2)16-9-12-7-8-13(10-16)17(12)14(18)19-15(3,4)5/h6,12-13H,7-10H2,1-5H3. The molecular formula is C15H26N2O2. The van der Waals surface area contributed by atoms with Gasteiger partial charge in [0.15, 0.2) is 0 Å². The lowest BCUT2D eigenvalue weighted by Crippen LogP contribution is -2.56. The normalized spacial score (nSPS) is 27.7. The van der Waals surface area contributed by atoms with E-state index in [9.17, 15) is 4.79 Å². The zero-order valence-corrected chi connectivity index (χ0v) is 12.8. The molecule has 4 heteroatoms. The zero-order chi connectivity index (χ0) is 14.2. The predicted molar refractivity (Wildman–Crippen MR) is 75.9 cm³/mol. The lowest BCUT2D eigenvalue weighted by Gasteiger charge is -2.42. The molecule has 0 aliphatic carbocycles. The maximum atomic E-state index is 12.3. The van der Waals surface area contributed by atoms with E-state index >= 15 is 0 Å². The van der Waals surface area contributed by atoms with E-state index in [4.69, 9.17) is 4.74 Å². The molecule has 1 amide bonds. The van der Waals surface area contributed by atoms with Gasteiger partial charge in [-0.1, -0.05) is 6.08 Å². The minimum atomic E-state index is -0.410. The van der Waals surface area contributed by atoms with Crippen molar-refractivity contribution in [1.29, 1.82) is 0 Å². The Morgan fingerprint density at radius 2 is 1.74 bits per heavy atom. The first-order chi connectivity index (χ1) is 8.81. The molecule has 2 unspecified atom stereocenters. The molecule has 0 saturated carbocycles. The topological polar surface area (TPSA) is 32.8 Å². The molecule has 0 radical (unpaired) electrons. The van der Waals surface area contributed by atoms with Crippen LogP contribution in [0.25, 0.3) is 0 Å². The Kier molecular flexibility index (Phi) is 3.79. The Balaban J connectivity index is 2.05. The molecule has 19 heavy (non-hydrogen) atoms. The number of piperazine rings is 1. The van der Waals surface area contributed by atoms with Crippen molar-refractivity contribution in [2.75, 3.05) is 13.1 Å². The van der Waals surface area contributed by atoms with Crippen LogP contribution in [0.15, 0.2) is 11.8 Å². The average molecular weight is 266 g/mol. The van der Waals surface area contributed by atoms with Gasteiger partial charge >= 0.3 is 6.09 Å². The molecule has 0 aromatic heterocycles. The summed E-state index contributed by atoms with van der Waals surface area (Å²) in [6, 6.07) is 0.618. The van der Waals surface area contributed by atoms with Gasteiger partial charge in [0.05, 0.1) is 12.1 Å². The maximum Gasteiger partial charge on any atom is 0.410 e. The molecular weight excluding hydrogens is 240 g/mol. The van der Waals surface area contributed by atoms with Crippen molar-refractivity contribution in [2.45, 2.75) is 65.1 Å². The van der Waals surface area contributed by atoms with Gasteiger partial charge in [-0.2, -0.15) is 0 Å². The number of fused-ring (bicyclic) bond motifs is 2. The fourth-order valence-corrected chi connectivity index (χ4v) is 2.99. The van der Waals surface area contributed by atoms with Crippen LogP contribution in [0, 0.1) is 0 Å². The van der Waals surface area contributed by atoms with Gasteiger partial charge in [0, 0.05) is 18.8 Å². The van der Waals surface area contributed by atoms with Gasteiger partial charge in [-0.05, 0) is 47.5 Å². The van der Waals surface area contributed by atoms with Gasteiger partial charge in [-0.25, -0.2) is 4.79 Å². The van der Waals surface area contributed by atoms with Crippen molar-refractivity contribution in [3.63, 3.8) is 0 Å². The van der Waals surface area contributed by atoms with E-state index < -0.39 is 5.60 Å². The fourth-order valence-electron chi connectivity index (χ4n) is 2.99. The predicted octanol–water partition coefficient (Wildman–Crippen LogP) is 2.99. The molecule has 2 heterocycles. The summed E-state index contributed by atoms with van der Waals surface area (Å²) in [5.41, 5.74) is 0.896. The fraction of sp³-hybridized carbons (Fsp3) is 0.800. The molecule has 4 nitrogen and oxygen atoms in total. The number of hydrogen-bond acceptors (Lipinski definition) is 3. The second-order valence-corrected chi connectivity index (χ2v) is 6.61. The summed E-state index contributed by atoms with van der Waals surface area (Å²) in [7, 11) is 0. The second kappa shape index (κ2) is 5.06. The number of rotatable bonds is 1. The van der Waals surface area contributed by atoms with E-state index in [1.54, 1.807) is 0 Å². The third-order valence-corrected chi connectivity index (χ3v) is 4.00. The SMILES string of the molecule is CC=C(C)N1CC2CCC(C1)N2C(=O)OC(C)(C)C. The Labute approximate surface area is 116 Å². The smallest absolute Gasteiger partial charge is 0.410 e. The maximum absolute atomic E-state index is 12.3. The molecule has 0 aromatic carbocycles. The summed E-state index contributed by atoms with van der Waals surface area (Å²) in [4.78, 5) is 16.7. The van der Waals surface area contributed by atoms with Gasteiger partial charge in [0.2, 0.25) is 0 Å². The Morgan fingerprint density at radius 1 is 1.21 bits per heavy atom. The van der Waals surface area contributed by atoms with Crippen molar-refractivity contribution in [2.24, 2.45) is 0 Å². The first-order valence-electron chi connectivity index (χ1n) is 7.21. The third-order valence-electron chi connectivity index (χ3n) is 4.00. The van der Waals surface area contributed by atoms with E-state index in [0.717, 1.165) is 25.9 Å². The van der Waals surface area contributed by atoms with Crippen LogP contribution in [0.2, 0.25) is 0 Å². The monoisotopic (exact) mass is 266 g/mol. The van der Waals surface area contributed by atoms with Crippen LogP contribution >= 0.6 is 0 Å². The molecule has 2 saturated heterocycles. The molecule has 2 fully saturated rings. The minimum Gasteiger partial charge on any atom is -0.444 e. The van der Waals surface area contributed by atoms with Crippen molar-refractivity contribution >= 4 is 6.09 Å². The van der Waals surface area contributed by atoms with Crippen LogP contribution in [0.1, 0.15) is 47.5 Å². The molecule has 0 aromatic rings. The van der Waals surface area contributed by atoms with Gasteiger partial charge in [-0.3, -0.25) is 4.90 Å². The summed E-state index contributed by atoms with van der Waals surface area (Å²) in [5, 5.41) is 0. The van der Waals surface area contributed by atoms with Gasteiger partial charge < -0.3 is 9.64 Å². The number of allylic oxidation sites excluding steroid dienone is 2. The molecule has 2 bridgehead atoms. The van der Waals surface area contributed by atoms with Gasteiger partial charge in [-0.15, -0.1) is 0 Å². The molecule has 2 rings (SSSR count). The molecule has 2 aliphatic heterocycles. The largest absolute Gasteiger partial charge is 0.444 e. The number of nitrogens with zero attached hydrogens (tertiary/aromatic N) is 2. The lowest BCUT2D eigenvalue weighted by molar-refractivity contribution is -0.000363. The van der Waals surface area contributed by atoms with Crippen molar-refractivity contribution in [3.05, 3.63) is 11.8 Å². The summed E-state index contributed by atoms with van der Waals surface area (Å²) in [6.45, 7) is 11.9. The first-order valence-corrected chi connectivity index (χ1v) is 7.21. The Hall–Kier alpha value is -1.19. The molecule has 0 spiro atoms. The van der Waals surface area contributed by atoms with Crippen LogP contribution in [-0.2, 0) is 4.74 Å². The van der Waals surface area contributed by atoms with Crippen LogP contribution in [-0.4, -0.2) is 46.7 Å². The first kappa shape index (κ1) is 14.2. The van der Waals surface area contributed by atoms with Crippen LogP contribution in [0.5, 0.6) is 0 Å². The lowest BCUT2D eigenvalue weighted by atomic mass is 10.1. The highest BCUT2D eigenvalue weighted by Crippen LogP contribution is 2.32. The van der Waals surface area contributed by atoms with Gasteiger partial charge in [0.25, 0.3) is 0 Å². The number of amides is 1. The molecule has 2 aliphatic rings. The van der Waals surface area contributed by atoms with Crippen LogP contribution in [0.3, 0.4) is 0 Å². The summed E-state index contributed by atoms with van der Waals surface area (Å²) < 4.78 is 5.53. The van der Waals surface area contributed by atoms with E-state index in [-0.39, 0.29) is 6.09 Å². The molecule has 0 N–H and O–H groups in total. The van der Waals surface area contributed by atoms with E-state index in [2.05, 4.69) is 24.8 Å². The highest BCUT2D eigenvalue weighted by molar-refractivity contribution is 5.69. The van der Waals surface area contributed by atoms with Crippen LogP contribution in [0.4, 0.5) is 4.79 Å². The average Bonchev–Trinajstić information content (AvgIpc) is 2.57. The second-order valence-electron chi connectivity index (χ2n) is 6.61. The van der Waals surface area contributed by atoms with Gasteiger partial charge in [0.1, 0.15) is 5.60 Å². The highest BCUT2D eigenvalue weighted by atomic mass is 16.6. The summed E-state index contributed by atoms with van der Waals surface area (Å²) in [5.74, 6) is 0. The van der Waals surface area contributed by atoms with Crippen molar-refractivity contribution < 1.29 is 9.53 Å². The van der Waals surface area contributed by atoms with Crippen molar-refractivity contribution in [3.8, 4) is 0 Å². The zero-order valence-electron chi connectivity index (χ0n) is 12.8. The van der Waals surface area contributed by atoms with E-state index in [1.165, 1.54) is 5.70 Å². The number of hydrogen-bond donors (Lipinski definition) is 0. The Bertz CT molecular complexity index is 370. The van der Waals surface area contributed by atoms with Crippen molar-refractivity contribution in [1.82, 2.24) is 9.80 Å². The summed E-state index contributed by atoms with van der Waals surface area (Å²) in [6.07, 6.45) is 4.19. The minimum absolute atomic E-state index is 0.141. The number of carbonyl (C=O) groups excluding carboxylic acids is 1. The number of ether oxygens (including phenoxy) is 1. The quantitative estimate of drug-likeness (QED) is 0.731. The Morgan fingerprint density at radius 3 is 2.16 bits per heavy atom. The van der Waals surface area contributed by atoms with E-state index in [0.29, 0.717) is 12.1 Å². The van der Waals surface area contributed by atoms with Crippen LogP contribution < -0.4 is 0 Å². The third kappa shape index (κ3) is 3.04. The highest BCUT2D eigenvalue weighted by Gasteiger charge is 2.44. The number of carbonyl (C=O) groups is 1. The summed E-state index contributed by atoms with van der Waals surface area (Å²) >= 11 is 0. The van der Waals surface area contributed by atoms with E-state index in [1.807, 2.05) is 25.7 Å². The number of likely N-dealkylation sites (tertiary alicyclic amines) is 1.